The minimum absolute atomic E-state index is 0.0447. The van der Waals surface area contributed by atoms with E-state index in [9.17, 15) is 22.9 Å². The van der Waals surface area contributed by atoms with E-state index in [4.69, 9.17) is 4.52 Å². The maximum atomic E-state index is 14.1. The van der Waals surface area contributed by atoms with Crippen molar-refractivity contribution in [3.8, 4) is 16.9 Å². The van der Waals surface area contributed by atoms with Gasteiger partial charge in [-0.1, -0.05) is 51.1 Å². The molecule has 0 fully saturated rings. The summed E-state index contributed by atoms with van der Waals surface area (Å²) in [5.74, 6) is -0.390. The average Bonchev–Trinajstić information content (AvgIpc) is 2.83. The number of anilines is 2. The van der Waals surface area contributed by atoms with Crippen LogP contribution >= 0.6 is 7.52 Å². The molecule has 1 unspecified atom stereocenters. The molecule has 39 heavy (non-hydrogen) atoms. The minimum atomic E-state index is -3.97. The van der Waals surface area contributed by atoms with E-state index in [2.05, 4.69) is 35.6 Å². The van der Waals surface area contributed by atoms with Crippen LogP contribution in [0.5, 0.6) is 5.75 Å². The molecule has 3 aromatic rings. The summed E-state index contributed by atoms with van der Waals surface area (Å²) in [7, 11) is -7.55. The van der Waals surface area contributed by atoms with Gasteiger partial charge in [0.25, 0.3) is 5.56 Å². The van der Waals surface area contributed by atoms with Crippen LogP contribution in [0.2, 0.25) is 0 Å². The summed E-state index contributed by atoms with van der Waals surface area (Å²) in [6.45, 7) is 8.32. The third-order valence-corrected chi connectivity index (χ3v) is 8.73. The van der Waals surface area contributed by atoms with E-state index in [1.54, 1.807) is 13.1 Å². The first-order valence-corrected chi connectivity index (χ1v) is 15.9. The highest BCUT2D eigenvalue weighted by Gasteiger charge is 2.36. The number of aromatic nitrogens is 1. The number of benzene rings is 2. The van der Waals surface area contributed by atoms with Crippen molar-refractivity contribution in [1.29, 1.82) is 0 Å². The maximum absolute atomic E-state index is 14.1. The fourth-order valence-corrected chi connectivity index (χ4v) is 6.55. The van der Waals surface area contributed by atoms with Gasteiger partial charge in [-0.15, -0.1) is 0 Å². The summed E-state index contributed by atoms with van der Waals surface area (Å²) in [6, 6.07) is 13.6. The Balaban J connectivity index is 1.92. The molecule has 1 atom stereocenters. The number of rotatable bonds is 8. The first kappa shape index (κ1) is 28.6. The number of nitrogens with one attached hydrogen (secondary N) is 2. The van der Waals surface area contributed by atoms with Gasteiger partial charge in [0, 0.05) is 24.0 Å². The minimum Gasteiger partial charge on any atom is -0.506 e. The number of hydrogen-bond acceptors (Lipinski definition) is 7. The molecule has 2 heterocycles. The van der Waals surface area contributed by atoms with E-state index in [-0.39, 0.29) is 40.2 Å². The van der Waals surface area contributed by atoms with Gasteiger partial charge in [0.15, 0.2) is 5.84 Å². The zero-order valence-electron chi connectivity index (χ0n) is 22.6. The van der Waals surface area contributed by atoms with Crippen LogP contribution in [-0.4, -0.2) is 36.8 Å². The Morgan fingerprint density at radius 1 is 1.15 bits per heavy atom. The van der Waals surface area contributed by atoms with Gasteiger partial charge < -0.3 is 19.5 Å². The predicted molar refractivity (Wildman–Crippen MR) is 156 cm³/mol. The number of fused-ring (bicyclic) bond motifs is 1. The normalized spacial score (nSPS) is 17.2. The van der Waals surface area contributed by atoms with Crippen LogP contribution < -0.4 is 20.9 Å². The molecule has 0 bridgehead atoms. The molecule has 12 heteroatoms. The molecule has 0 radical (unpaired) electrons. The van der Waals surface area contributed by atoms with Crippen LogP contribution in [0, 0.1) is 5.41 Å². The van der Waals surface area contributed by atoms with Gasteiger partial charge in [0.1, 0.15) is 11.3 Å². The SMILES string of the molecule is CCOP1(=O)N=C(c2c(O)c(-c3ccccc3)cn(CCC(C)(C)C)c2=O)Nc2ccc(NS(C)(=O)=O)cc21. The number of sulfonamides is 1. The second-order valence-corrected chi connectivity index (χ2v) is 14.3. The topological polar surface area (TPSA) is 139 Å². The van der Waals surface area contributed by atoms with Gasteiger partial charge in [-0.2, -0.15) is 4.76 Å². The molecule has 208 valence electrons. The average molecular weight is 573 g/mol. The van der Waals surface area contributed by atoms with Crippen molar-refractivity contribution in [3.05, 3.63) is 70.6 Å². The summed E-state index contributed by atoms with van der Waals surface area (Å²) < 4.78 is 51.4. The fourth-order valence-electron chi connectivity index (χ4n) is 4.19. The van der Waals surface area contributed by atoms with E-state index in [1.165, 1.54) is 22.8 Å². The summed E-state index contributed by atoms with van der Waals surface area (Å²) in [5, 5.41) is 14.6. The second-order valence-electron chi connectivity index (χ2n) is 10.6. The number of amidine groups is 1. The first-order chi connectivity index (χ1) is 18.2. The Kier molecular flexibility index (Phi) is 7.80. The Labute approximate surface area is 228 Å². The highest BCUT2D eigenvalue weighted by Crippen LogP contribution is 2.52. The van der Waals surface area contributed by atoms with Gasteiger partial charge >= 0.3 is 7.52 Å². The zero-order chi connectivity index (χ0) is 28.6. The third kappa shape index (κ3) is 6.43. The van der Waals surface area contributed by atoms with Gasteiger partial charge in [-0.25, -0.2) is 8.42 Å². The van der Waals surface area contributed by atoms with E-state index in [0.717, 1.165) is 6.26 Å². The maximum Gasteiger partial charge on any atom is 0.348 e. The van der Waals surface area contributed by atoms with Gasteiger partial charge in [-0.05, 0) is 42.5 Å². The second kappa shape index (κ2) is 10.6. The molecular formula is C27H33N4O6PS. The van der Waals surface area contributed by atoms with Crippen molar-refractivity contribution in [2.24, 2.45) is 10.2 Å². The van der Waals surface area contributed by atoms with Gasteiger partial charge in [0.2, 0.25) is 10.0 Å². The number of hydrogen-bond donors (Lipinski definition) is 3. The van der Waals surface area contributed by atoms with E-state index >= 15 is 0 Å². The summed E-state index contributed by atoms with van der Waals surface area (Å²) >= 11 is 0. The Morgan fingerprint density at radius 2 is 1.85 bits per heavy atom. The summed E-state index contributed by atoms with van der Waals surface area (Å²) in [6.07, 6.45) is 3.34. The number of aryl methyl sites for hydroxylation is 1. The summed E-state index contributed by atoms with van der Waals surface area (Å²) in [5.41, 5.74) is 0.956. The molecule has 1 aromatic heterocycles. The molecule has 0 saturated heterocycles. The lowest BCUT2D eigenvalue weighted by Gasteiger charge is -2.26. The molecule has 0 saturated carbocycles. The molecule has 1 aliphatic rings. The highest BCUT2D eigenvalue weighted by molar-refractivity contribution is 7.92. The predicted octanol–water partition coefficient (Wildman–Crippen LogP) is 4.76. The van der Waals surface area contributed by atoms with E-state index in [1.807, 2.05) is 30.3 Å². The Bertz CT molecular complexity index is 1640. The molecule has 10 nitrogen and oxygen atoms in total. The van der Waals surface area contributed by atoms with Crippen LogP contribution in [0.4, 0.5) is 11.4 Å². The standard InChI is InChI=1S/C27H33N4O6PS/c1-6-37-38(34)22-16-19(30-39(5,35)36)12-13-21(22)28-25(29-38)23-24(32)20(18-10-8-7-9-11-18)17-31(26(23)33)15-14-27(2,3)4/h7-13,16-17,30,32H,6,14-15H2,1-5H3,(H,28,29,34). The lowest BCUT2D eigenvalue weighted by Crippen LogP contribution is -2.34. The Hall–Kier alpha value is -3.40. The molecule has 0 spiro atoms. The van der Waals surface area contributed by atoms with Crippen molar-refractivity contribution in [2.45, 2.75) is 40.7 Å². The van der Waals surface area contributed by atoms with Crippen molar-refractivity contribution >= 4 is 40.1 Å². The largest absolute Gasteiger partial charge is 0.506 e. The van der Waals surface area contributed by atoms with Crippen molar-refractivity contribution < 1.29 is 22.6 Å². The smallest absolute Gasteiger partial charge is 0.348 e. The van der Waals surface area contributed by atoms with E-state index < -0.39 is 23.1 Å². The van der Waals surface area contributed by atoms with Crippen LogP contribution in [0.3, 0.4) is 0 Å². The van der Waals surface area contributed by atoms with Crippen molar-refractivity contribution in [1.82, 2.24) is 4.57 Å². The van der Waals surface area contributed by atoms with Crippen molar-refractivity contribution in [3.63, 3.8) is 0 Å². The van der Waals surface area contributed by atoms with Gasteiger partial charge in [-0.3, -0.25) is 14.1 Å². The quantitative estimate of drug-likeness (QED) is 0.331. The monoisotopic (exact) mass is 572 g/mol. The van der Waals surface area contributed by atoms with Crippen LogP contribution in [-0.2, 0) is 25.7 Å². The Morgan fingerprint density at radius 3 is 2.46 bits per heavy atom. The van der Waals surface area contributed by atoms with Crippen LogP contribution in [0.25, 0.3) is 11.1 Å². The lowest BCUT2D eigenvalue weighted by atomic mass is 9.92. The van der Waals surface area contributed by atoms with Gasteiger partial charge in [0.05, 0.1) is 23.9 Å². The van der Waals surface area contributed by atoms with Crippen molar-refractivity contribution in [2.75, 3.05) is 22.9 Å². The zero-order valence-corrected chi connectivity index (χ0v) is 24.3. The first-order valence-electron chi connectivity index (χ1n) is 12.5. The number of nitrogens with zero attached hydrogens (tertiary/aromatic N) is 2. The molecule has 1 aliphatic heterocycles. The number of pyridine rings is 1. The fraction of sp³-hybridized carbons (Fsp3) is 0.333. The van der Waals surface area contributed by atoms with Crippen LogP contribution in [0.15, 0.2) is 64.3 Å². The summed E-state index contributed by atoms with van der Waals surface area (Å²) in [4.78, 5) is 13.8. The van der Waals surface area contributed by atoms with Crippen LogP contribution in [0.1, 0.15) is 39.7 Å². The molecular weight excluding hydrogens is 539 g/mol. The lowest BCUT2D eigenvalue weighted by molar-refractivity contribution is 0.341. The molecule has 0 aliphatic carbocycles. The number of aromatic hydroxyl groups is 1. The molecule has 3 N–H and O–H groups in total. The molecule has 2 aromatic carbocycles. The molecule has 0 amide bonds. The molecule has 4 rings (SSSR count). The van der Waals surface area contributed by atoms with E-state index in [0.29, 0.717) is 29.8 Å². The highest BCUT2D eigenvalue weighted by atomic mass is 32.2. The third-order valence-electron chi connectivity index (χ3n) is 6.07.